The van der Waals surface area contributed by atoms with Crippen LogP contribution in [0.5, 0.6) is 0 Å². The van der Waals surface area contributed by atoms with Crippen LogP contribution in [0.15, 0.2) is 24.3 Å². The van der Waals surface area contributed by atoms with E-state index < -0.39 is 0 Å². The van der Waals surface area contributed by atoms with Gasteiger partial charge in [0.1, 0.15) is 0 Å². The van der Waals surface area contributed by atoms with Gasteiger partial charge in [0.2, 0.25) is 5.91 Å². The molecule has 0 saturated carbocycles. The first kappa shape index (κ1) is 16.8. The molecule has 2 saturated heterocycles. The lowest BCUT2D eigenvalue weighted by Crippen LogP contribution is -2.48. The van der Waals surface area contributed by atoms with Gasteiger partial charge in [-0.25, -0.2) is 0 Å². The fourth-order valence-corrected chi connectivity index (χ4v) is 4.53. The second-order valence-corrected chi connectivity index (χ2v) is 7.20. The lowest BCUT2D eigenvalue weighted by atomic mass is 9.94. The highest BCUT2D eigenvalue weighted by molar-refractivity contribution is 5.85. The zero-order valence-electron chi connectivity index (χ0n) is 13.7. The second kappa shape index (κ2) is 7.23. The molecular weight excluding hydrogens is 308 g/mol. The Morgan fingerprint density at radius 2 is 1.61 bits per heavy atom. The maximum absolute atomic E-state index is 12.7. The van der Waals surface area contributed by atoms with Crippen molar-refractivity contribution in [2.45, 2.75) is 44.6 Å². The van der Waals surface area contributed by atoms with E-state index >= 15 is 0 Å². The summed E-state index contributed by atoms with van der Waals surface area (Å²) in [5.74, 6) is 0.674. The van der Waals surface area contributed by atoms with Gasteiger partial charge >= 0.3 is 0 Å². The molecule has 1 atom stereocenters. The summed E-state index contributed by atoms with van der Waals surface area (Å²) < 4.78 is 0. The van der Waals surface area contributed by atoms with E-state index in [0.717, 1.165) is 26.1 Å². The summed E-state index contributed by atoms with van der Waals surface area (Å²) in [5, 5.41) is 0. The first-order valence-electron chi connectivity index (χ1n) is 8.91. The molecule has 0 spiro atoms. The minimum Gasteiger partial charge on any atom is -0.342 e. The molecular formula is C19H27ClN2O. The Balaban J connectivity index is 0.00000156. The molecule has 1 aromatic carbocycles. The fraction of sp³-hybridized carbons (Fsp3) is 0.632. The topological polar surface area (TPSA) is 23.6 Å². The molecule has 2 heterocycles. The van der Waals surface area contributed by atoms with E-state index in [2.05, 4.69) is 34.1 Å². The zero-order valence-corrected chi connectivity index (χ0v) is 14.6. The number of amides is 1. The van der Waals surface area contributed by atoms with Crippen molar-refractivity contribution in [2.75, 3.05) is 26.2 Å². The highest BCUT2D eigenvalue weighted by Gasteiger charge is 2.34. The van der Waals surface area contributed by atoms with Crippen LogP contribution in [0.3, 0.4) is 0 Å². The Morgan fingerprint density at radius 1 is 0.957 bits per heavy atom. The normalized spacial score (nSPS) is 25.2. The van der Waals surface area contributed by atoms with E-state index in [4.69, 9.17) is 0 Å². The number of carbonyl (C=O) groups excluding carboxylic acids is 1. The molecule has 3 aliphatic rings. The van der Waals surface area contributed by atoms with Crippen LogP contribution >= 0.6 is 12.4 Å². The predicted octanol–water partition coefficient (Wildman–Crippen LogP) is 2.91. The van der Waals surface area contributed by atoms with Gasteiger partial charge in [0.25, 0.3) is 0 Å². The van der Waals surface area contributed by atoms with Crippen molar-refractivity contribution in [3.05, 3.63) is 35.4 Å². The van der Waals surface area contributed by atoms with Crippen molar-refractivity contribution in [1.29, 1.82) is 0 Å². The number of hydrogen-bond donors (Lipinski definition) is 0. The third-order valence-electron chi connectivity index (χ3n) is 5.77. The van der Waals surface area contributed by atoms with Gasteiger partial charge in [-0.3, -0.25) is 9.69 Å². The third-order valence-corrected chi connectivity index (χ3v) is 5.77. The van der Waals surface area contributed by atoms with E-state index in [1.54, 1.807) is 0 Å². The van der Waals surface area contributed by atoms with Gasteiger partial charge < -0.3 is 4.90 Å². The molecule has 0 aromatic heterocycles. The second-order valence-electron chi connectivity index (χ2n) is 7.20. The zero-order chi connectivity index (χ0) is 14.9. The van der Waals surface area contributed by atoms with Gasteiger partial charge in [-0.2, -0.15) is 0 Å². The van der Waals surface area contributed by atoms with Crippen LogP contribution in [-0.4, -0.2) is 47.9 Å². The van der Waals surface area contributed by atoms with E-state index in [1.165, 1.54) is 49.8 Å². The number of carbonyl (C=O) groups is 1. The number of nitrogens with zero attached hydrogens (tertiary/aromatic N) is 2. The van der Waals surface area contributed by atoms with E-state index in [9.17, 15) is 4.79 Å². The average Bonchev–Trinajstić information content (AvgIpc) is 3.23. The molecule has 1 unspecified atom stereocenters. The number of piperidine rings is 1. The first-order valence-corrected chi connectivity index (χ1v) is 8.91. The van der Waals surface area contributed by atoms with Crippen LogP contribution < -0.4 is 0 Å². The summed E-state index contributed by atoms with van der Waals surface area (Å²) in [6, 6.07) is 9.46. The van der Waals surface area contributed by atoms with Gasteiger partial charge in [0.15, 0.2) is 0 Å². The van der Waals surface area contributed by atoms with E-state index in [1.807, 2.05) is 0 Å². The van der Waals surface area contributed by atoms with Gasteiger partial charge in [0.05, 0.1) is 5.92 Å². The molecule has 2 fully saturated rings. The monoisotopic (exact) mass is 334 g/mol. The molecule has 0 bridgehead atoms. The molecule has 1 amide bonds. The molecule has 2 aliphatic heterocycles. The van der Waals surface area contributed by atoms with Crippen molar-refractivity contribution in [1.82, 2.24) is 9.80 Å². The molecule has 0 radical (unpaired) electrons. The van der Waals surface area contributed by atoms with Gasteiger partial charge in [-0.05, 0) is 56.2 Å². The Labute approximate surface area is 145 Å². The largest absolute Gasteiger partial charge is 0.342 e. The van der Waals surface area contributed by atoms with Crippen LogP contribution in [0.1, 0.15) is 36.8 Å². The number of hydrogen-bond acceptors (Lipinski definition) is 2. The molecule has 0 N–H and O–H groups in total. The van der Waals surface area contributed by atoms with Crippen LogP contribution in [0, 0.1) is 5.92 Å². The Morgan fingerprint density at radius 3 is 2.26 bits per heavy atom. The highest BCUT2D eigenvalue weighted by Crippen LogP contribution is 2.29. The molecule has 1 aromatic rings. The van der Waals surface area contributed by atoms with Crippen molar-refractivity contribution in [2.24, 2.45) is 5.92 Å². The fourth-order valence-electron chi connectivity index (χ4n) is 4.53. The smallest absolute Gasteiger partial charge is 0.226 e. The van der Waals surface area contributed by atoms with Crippen molar-refractivity contribution in [3.63, 3.8) is 0 Å². The number of halogens is 1. The minimum atomic E-state index is 0. The summed E-state index contributed by atoms with van der Waals surface area (Å²) in [6.07, 6.45) is 6.99. The average molecular weight is 335 g/mol. The summed E-state index contributed by atoms with van der Waals surface area (Å²) >= 11 is 0. The van der Waals surface area contributed by atoms with Crippen molar-refractivity contribution < 1.29 is 4.79 Å². The third kappa shape index (κ3) is 3.41. The Bertz CT molecular complexity index is 531. The maximum Gasteiger partial charge on any atom is 0.226 e. The van der Waals surface area contributed by atoms with Gasteiger partial charge in [-0.1, -0.05) is 24.3 Å². The molecule has 3 nitrogen and oxygen atoms in total. The molecule has 126 valence electrons. The predicted molar refractivity (Wildman–Crippen MR) is 95.0 cm³/mol. The van der Waals surface area contributed by atoms with E-state index in [-0.39, 0.29) is 18.3 Å². The SMILES string of the molecule is Cl.O=C(C1CCCN(C2Cc3ccccc3C2)C1)N1CCCC1. The van der Waals surface area contributed by atoms with Crippen molar-refractivity contribution >= 4 is 18.3 Å². The van der Waals surface area contributed by atoms with Gasteiger partial charge in [0, 0.05) is 25.7 Å². The summed E-state index contributed by atoms with van der Waals surface area (Å²) in [6.45, 7) is 4.13. The van der Waals surface area contributed by atoms with Crippen LogP contribution in [0.2, 0.25) is 0 Å². The quantitative estimate of drug-likeness (QED) is 0.830. The number of rotatable bonds is 2. The van der Waals surface area contributed by atoms with E-state index in [0.29, 0.717) is 11.9 Å². The van der Waals surface area contributed by atoms with Crippen LogP contribution in [0.4, 0.5) is 0 Å². The lowest BCUT2D eigenvalue weighted by Gasteiger charge is -2.37. The highest BCUT2D eigenvalue weighted by atomic mass is 35.5. The van der Waals surface area contributed by atoms with Crippen LogP contribution in [-0.2, 0) is 17.6 Å². The van der Waals surface area contributed by atoms with Crippen LogP contribution in [0.25, 0.3) is 0 Å². The summed E-state index contributed by atoms with van der Waals surface area (Å²) in [5.41, 5.74) is 3.03. The Kier molecular flexibility index (Phi) is 5.27. The molecule has 1 aliphatic carbocycles. The molecule has 4 heteroatoms. The maximum atomic E-state index is 12.7. The van der Waals surface area contributed by atoms with Crippen molar-refractivity contribution in [3.8, 4) is 0 Å². The standard InChI is InChI=1S/C19H26N2O.ClH/c22-19(20-9-3-4-10-20)17-8-5-11-21(14-17)18-12-15-6-1-2-7-16(15)13-18;/h1-2,6-7,17-18H,3-5,8-14H2;1H. The minimum absolute atomic E-state index is 0. The van der Waals surface area contributed by atoms with Gasteiger partial charge in [-0.15, -0.1) is 12.4 Å². The first-order chi connectivity index (χ1) is 10.8. The summed E-state index contributed by atoms with van der Waals surface area (Å²) in [4.78, 5) is 17.4. The molecule has 23 heavy (non-hydrogen) atoms. The number of fused-ring (bicyclic) bond motifs is 1. The lowest BCUT2D eigenvalue weighted by molar-refractivity contribution is -0.136. The Hall–Kier alpha value is -1.06. The number of likely N-dealkylation sites (tertiary alicyclic amines) is 2. The summed E-state index contributed by atoms with van der Waals surface area (Å²) in [7, 11) is 0. The molecule has 4 rings (SSSR count). The number of benzene rings is 1.